The third-order valence-electron chi connectivity index (χ3n) is 6.36. The van der Waals surface area contributed by atoms with Crippen molar-refractivity contribution in [3.63, 3.8) is 0 Å². The zero-order chi connectivity index (χ0) is 20.1. The van der Waals surface area contributed by atoms with Crippen molar-refractivity contribution < 1.29 is 9.18 Å². The molecule has 1 atom stereocenters. The molecule has 2 aliphatic heterocycles. The maximum atomic E-state index is 14.8. The third kappa shape index (κ3) is 4.66. The molecule has 2 aliphatic rings. The highest BCUT2D eigenvalue weighted by Crippen LogP contribution is 2.24. The minimum absolute atomic E-state index is 0.0632. The van der Waals surface area contributed by atoms with E-state index in [0.717, 1.165) is 58.8 Å². The van der Waals surface area contributed by atoms with E-state index in [1.807, 2.05) is 11.8 Å². The summed E-state index contributed by atoms with van der Waals surface area (Å²) in [7, 11) is 0. The Balaban J connectivity index is 1.67. The summed E-state index contributed by atoms with van der Waals surface area (Å²) in [6.07, 6.45) is 2.33. The Bertz CT molecular complexity index is 660. The van der Waals surface area contributed by atoms with Gasteiger partial charge in [0, 0.05) is 50.9 Å². The van der Waals surface area contributed by atoms with Crippen molar-refractivity contribution in [3.8, 4) is 0 Å². The number of benzene rings is 1. The highest BCUT2D eigenvalue weighted by molar-refractivity contribution is 5.94. The molecular weight excluding hydrogens is 355 g/mol. The van der Waals surface area contributed by atoms with Crippen LogP contribution in [0.15, 0.2) is 18.2 Å². The molecule has 0 aliphatic carbocycles. The van der Waals surface area contributed by atoms with Crippen LogP contribution in [0.5, 0.6) is 0 Å². The summed E-state index contributed by atoms with van der Waals surface area (Å²) in [4.78, 5) is 21.8. The van der Waals surface area contributed by atoms with Gasteiger partial charge in [0.1, 0.15) is 5.82 Å². The molecule has 2 fully saturated rings. The topological polar surface area (TPSA) is 30.0 Å². The molecule has 28 heavy (non-hydrogen) atoms. The van der Waals surface area contributed by atoms with Gasteiger partial charge in [-0.15, -0.1) is 0 Å². The predicted octanol–water partition coefficient (Wildman–Crippen LogP) is 2.91. The molecule has 0 bridgehead atoms. The predicted molar refractivity (Wildman–Crippen MR) is 113 cm³/mol. The number of likely N-dealkylation sites (N-methyl/N-ethyl adjacent to an activating group) is 3. The fraction of sp³-hybridized carbons (Fsp3) is 0.682. The van der Waals surface area contributed by atoms with E-state index in [1.165, 1.54) is 12.5 Å². The molecule has 0 radical (unpaired) electrons. The van der Waals surface area contributed by atoms with Crippen LogP contribution in [0, 0.1) is 5.82 Å². The molecule has 3 rings (SSSR count). The van der Waals surface area contributed by atoms with Gasteiger partial charge in [0.2, 0.25) is 0 Å². The van der Waals surface area contributed by atoms with Crippen molar-refractivity contribution in [3.05, 3.63) is 29.6 Å². The molecule has 156 valence electrons. The van der Waals surface area contributed by atoms with Gasteiger partial charge in [0.15, 0.2) is 0 Å². The highest BCUT2D eigenvalue weighted by Gasteiger charge is 2.27. The number of rotatable bonds is 7. The van der Waals surface area contributed by atoms with Crippen molar-refractivity contribution in [1.29, 1.82) is 0 Å². The lowest BCUT2D eigenvalue weighted by Crippen LogP contribution is -2.46. The number of anilines is 1. The normalized spacial score (nSPS) is 21.3. The summed E-state index contributed by atoms with van der Waals surface area (Å²) in [6.45, 7) is 14.4. The van der Waals surface area contributed by atoms with Gasteiger partial charge in [-0.2, -0.15) is 0 Å². The smallest absolute Gasteiger partial charge is 0.254 e. The molecule has 1 unspecified atom stereocenters. The number of piperazine rings is 1. The second-order valence-electron chi connectivity index (χ2n) is 7.86. The lowest BCUT2D eigenvalue weighted by molar-refractivity contribution is 0.0717. The number of carbonyl (C=O) groups is 1. The molecule has 6 heteroatoms. The van der Waals surface area contributed by atoms with Gasteiger partial charge in [0.05, 0.1) is 5.69 Å². The maximum absolute atomic E-state index is 14.8. The van der Waals surface area contributed by atoms with Crippen LogP contribution in [0.4, 0.5) is 10.1 Å². The molecule has 1 amide bonds. The minimum Gasteiger partial charge on any atom is -0.367 e. The third-order valence-corrected chi connectivity index (χ3v) is 6.36. The Labute approximate surface area is 169 Å². The molecular formula is C22H35FN4O. The average molecular weight is 391 g/mol. The number of carbonyl (C=O) groups excluding carboxylic acids is 1. The number of hydrogen-bond donors (Lipinski definition) is 0. The lowest BCUT2D eigenvalue weighted by atomic mass is 10.1. The fourth-order valence-electron chi connectivity index (χ4n) is 4.51. The molecule has 0 N–H and O–H groups in total. The van der Waals surface area contributed by atoms with E-state index in [4.69, 9.17) is 0 Å². The van der Waals surface area contributed by atoms with Gasteiger partial charge >= 0.3 is 0 Å². The van der Waals surface area contributed by atoms with Crippen LogP contribution < -0.4 is 4.90 Å². The molecule has 2 heterocycles. The molecule has 1 aromatic carbocycles. The van der Waals surface area contributed by atoms with Crippen LogP contribution >= 0.6 is 0 Å². The number of amides is 1. The Morgan fingerprint density at radius 3 is 2.46 bits per heavy atom. The van der Waals surface area contributed by atoms with Crippen LogP contribution in [0.25, 0.3) is 0 Å². The molecule has 0 spiro atoms. The van der Waals surface area contributed by atoms with E-state index in [-0.39, 0.29) is 11.7 Å². The van der Waals surface area contributed by atoms with Crippen molar-refractivity contribution in [2.24, 2.45) is 0 Å². The van der Waals surface area contributed by atoms with Gasteiger partial charge in [-0.25, -0.2) is 4.39 Å². The first-order valence-corrected chi connectivity index (χ1v) is 10.9. The zero-order valence-electron chi connectivity index (χ0n) is 17.7. The zero-order valence-corrected chi connectivity index (χ0v) is 17.7. The number of likely N-dealkylation sites (tertiary alicyclic amines) is 1. The van der Waals surface area contributed by atoms with Gasteiger partial charge < -0.3 is 14.7 Å². The molecule has 0 aromatic heterocycles. The SMILES string of the molecule is CCN1CCN(c2ccc(C(=O)N(CC)CC3CCCN3CC)cc2F)CC1. The average Bonchev–Trinajstić information content (AvgIpc) is 3.18. The Kier molecular flexibility index (Phi) is 7.30. The van der Waals surface area contributed by atoms with Crippen LogP contribution in [0.2, 0.25) is 0 Å². The van der Waals surface area contributed by atoms with E-state index in [0.29, 0.717) is 23.8 Å². The summed E-state index contributed by atoms with van der Waals surface area (Å²) in [5.74, 6) is -0.352. The van der Waals surface area contributed by atoms with Crippen LogP contribution in [0.1, 0.15) is 44.0 Å². The number of halogens is 1. The summed E-state index contributed by atoms with van der Waals surface area (Å²) < 4.78 is 14.8. The first kappa shape index (κ1) is 21.1. The quantitative estimate of drug-likeness (QED) is 0.716. The van der Waals surface area contributed by atoms with E-state index in [2.05, 4.69) is 28.5 Å². The minimum atomic E-state index is -0.289. The van der Waals surface area contributed by atoms with Crippen LogP contribution in [-0.2, 0) is 0 Å². The van der Waals surface area contributed by atoms with Crippen LogP contribution in [-0.4, -0.2) is 85.6 Å². The second kappa shape index (κ2) is 9.70. The van der Waals surface area contributed by atoms with Crippen LogP contribution in [0.3, 0.4) is 0 Å². The van der Waals surface area contributed by atoms with Crippen molar-refractivity contribution in [2.45, 2.75) is 39.7 Å². The van der Waals surface area contributed by atoms with E-state index < -0.39 is 0 Å². The molecule has 0 saturated carbocycles. The maximum Gasteiger partial charge on any atom is 0.254 e. The lowest BCUT2D eigenvalue weighted by Gasteiger charge is -2.35. The largest absolute Gasteiger partial charge is 0.367 e. The van der Waals surface area contributed by atoms with Gasteiger partial charge in [-0.3, -0.25) is 9.69 Å². The fourth-order valence-corrected chi connectivity index (χ4v) is 4.51. The molecule has 5 nitrogen and oxygen atoms in total. The van der Waals surface area contributed by atoms with Crippen molar-refractivity contribution in [1.82, 2.24) is 14.7 Å². The number of hydrogen-bond acceptors (Lipinski definition) is 4. The highest BCUT2D eigenvalue weighted by atomic mass is 19.1. The standard InChI is InChI=1S/C22H35FN4O/c1-4-24-12-14-27(15-13-24)21-10-9-18(16-20(21)23)22(28)26(6-3)17-19-8-7-11-25(19)5-2/h9-10,16,19H,4-8,11-15,17H2,1-3H3. The summed E-state index contributed by atoms with van der Waals surface area (Å²) in [5, 5.41) is 0. The first-order chi connectivity index (χ1) is 13.6. The monoisotopic (exact) mass is 390 g/mol. The Morgan fingerprint density at radius 2 is 1.86 bits per heavy atom. The van der Waals surface area contributed by atoms with Gasteiger partial charge in [-0.1, -0.05) is 13.8 Å². The molecule has 1 aromatic rings. The van der Waals surface area contributed by atoms with Crippen molar-refractivity contribution in [2.75, 3.05) is 63.8 Å². The van der Waals surface area contributed by atoms with Gasteiger partial charge in [-0.05, 0) is 57.6 Å². The van der Waals surface area contributed by atoms with E-state index in [1.54, 1.807) is 12.1 Å². The van der Waals surface area contributed by atoms with Crippen molar-refractivity contribution >= 4 is 11.6 Å². The summed E-state index contributed by atoms with van der Waals surface area (Å²) >= 11 is 0. The number of nitrogens with zero attached hydrogens (tertiary/aromatic N) is 4. The second-order valence-corrected chi connectivity index (χ2v) is 7.86. The van der Waals surface area contributed by atoms with Gasteiger partial charge in [0.25, 0.3) is 5.91 Å². The van der Waals surface area contributed by atoms with E-state index in [9.17, 15) is 9.18 Å². The summed E-state index contributed by atoms with van der Waals surface area (Å²) in [6, 6.07) is 5.43. The first-order valence-electron chi connectivity index (χ1n) is 10.9. The Morgan fingerprint density at radius 1 is 1.11 bits per heavy atom. The molecule has 2 saturated heterocycles. The summed E-state index contributed by atoms with van der Waals surface area (Å²) in [5.41, 5.74) is 1.07. The van der Waals surface area contributed by atoms with E-state index >= 15 is 0 Å². The Hall–Kier alpha value is -1.66.